The average Bonchev–Trinajstić information content (AvgIpc) is 2.91. The number of nitrogens with one attached hydrogen (secondary N) is 1. The van der Waals surface area contributed by atoms with E-state index >= 15 is 0 Å². The second-order valence-corrected chi connectivity index (χ2v) is 6.71. The molecule has 1 N–H and O–H groups in total. The van der Waals surface area contributed by atoms with Crippen LogP contribution in [0.15, 0.2) is 17.3 Å². The quantitative estimate of drug-likeness (QED) is 0.613. The third-order valence-corrected chi connectivity index (χ3v) is 5.03. The maximum absolute atomic E-state index is 12.5. The van der Waals surface area contributed by atoms with Gasteiger partial charge in [0, 0.05) is 24.8 Å². The summed E-state index contributed by atoms with van der Waals surface area (Å²) in [4.78, 5) is 17.0. The predicted octanol–water partition coefficient (Wildman–Crippen LogP) is 3.74. The van der Waals surface area contributed by atoms with E-state index in [0.717, 1.165) is 46.7 Å². The molecule has 2 heterocycles. The molecule has 0 saturated carbocycles. The number of carbonyl (C=O) groups excluding carboxylic acids is 1. The highest BCUT2D eigenvalue weighted by Gasteiger charge is 2.17. The van der Waals surface area contributed by atoms with Gasteiger partial charge in [0.25, 0.3) is 5.91 Å². The molecule has 0 atom stereocenters. The van der Waals surface area contributed by atoms with E-state index < -0.39 is 0 Å². The van der Waals surface area contributed by atoms with Crippen molar-refractivity contribution in [2.45, 2.75) is 45.1 Å². The predicted molar refractivity (Wildman–Crippen MR) is 99.6 cm³/mol. The van der Waals surface area contributed by atoms with Crippen molar-refractivity contribution in [2.75, 3.05) is 12.8 Å². The van der Waals surface area contributed by atoms with Crippen molar-refractivity contribution < 1.29 is 4.79 Å². The van der Waals surface area contributed by atoms with Gasteiger partial charge in [0.1, 0.15) is 10.7 Å². The molecule has 0 radical (unpaired) electrons. The standard InChI is InChI=1S/C18H26N4OS/c1-6-7-8-9-19-17(23)16-10-14(12(2)18(21-16)24-5)15-11-20-22(4)13(15)3/h10-11H,6-9H2,1-5H3,(H,19,23). The number of amides is 1. The summed E-state index contributed by atoms with van der Waals surface area (Å²) in [5.41, 5.74) is 4.71. The van der Waals surface area contributed by atoms with Crippen LogP contribution in [0.25, 0.3) is 11.1 Å². The van der Waals surface area contributed by atoms with Crippen LogP contribution in [0.5, 0.6) is 0 Å². The molecule has 0 aliphatic heterocycles. The molecule has 1 amide bonds. The fraction of sp³-hybridized carbons (Fsp3) is 0.500. The van der Waals surface area contributed by atoms with Crippen molar-refractivity contribution in [3.8, 4) is 11.1 Å². The van der Waals surface area contributed by atoms with Crippen LogP contribution in [0.4, 0.5) is 0 Å². The van der Waals surface area contributed by atoms with Gasteiger partial charge in [0.05, 0.1) is 6.20 Å². The van der Waals surface area contributed by atoms with Gasteiger partial charge in [-0.1, -0.05) is 19.8 Å². The molecule has 0 spiro atoms. The lowest BCUT2D eigenvalue weighted by Gasteiger charge is -2.12. The first-order chi connectivity index (χ1) is 11.5. The minimum Gasteiger partial charge on any atom is -0.351 e. The van der Waals surface area contributed by atoms with Gasteiger partial charge >= 0.3 is 0 Å². The van der Waals surface area contributed by atoms with Gasteiger partial charge < -0.3 is 5.32 Å². The Labute approximate surface area is 148 Å². The van der Waals surface area contributed by atoms with Gasteiger partial charge in [0.2, 0.25) is 0 Å². The highest BCUT2D eigenvalue weighted by atomic mass is 32.2. The molecule has 2 rings (SSSR count). The molecule has 5 nitrogen and oxygen atoms in total. The van der Waals surface area contributed by atoms with Gasteiger partial charge in [0.15, 0.2) is 0 Å². The first-order valence-electron chi connectivity index (χ1n) is 8.32. The number of thioether (sulfide) groups is 1. The lowest BCUT2D eigenvalue weighted by molar-refractivity contribution is 0.0947. The molecule has 2 aromatic rings. The summed E-state index contributed by atoms with van der Waals surface area (Å²) in [7, 11) is 1.92. The molecular weight excluding hydrogens is 320 g/mol. The van der Waals surface area contributed by atoms with Crippen LogP contribution in [0.1, 0.15) is 47.9 Å². The summed E-state index contributed by atoms with van der Waals surface area (Å²) >= 11 is 1.56. The number of carbonyl (C=O) groups is 1. The summed E-state index contributed by atoms with van der Waals surface area (Å²) in [6.45, 7) is 6.92. The third kappa shape index (κ3) is 3.98. The summed E-state index contributed by atoms with van der Waals surface area (Å²) in [5, 5.41) is 8.18. The summed E-state index contributed by atoms with van der Waals surface area (Å²) in [6, 6.07) is 1.88. The largest absolute Gasteiger partial charge is 0.351 e. The van der Waals surface area contributed by atoms with Crippen LogP contribution in [0.2, 0.25) is 0 Å². The number of unbranched alkanes of at least 4 members (excludes halogenated alkanes) is 2. The maximum Gasteiger partial charge on any atom is 0.269 e. The number of aromatic nitrogens is 3. The van der Waals surface area contributed by atoms with E-state index in [-0.39, 0.29) is 5.91 Å². The zero-order valence-electron chi connectivity index (χ0n) is 15.1. The first kappa shape index (κ1) is 18.5. The lowest BCUT2D eigenvalue weighted by atomic mass is 10.0. The number of rotatable bonds is 7. The Kier molecular flexibility index (Phi) is 6.43. The zero-order valence-corrected chi connectivity index (χ0v) is 16.0. The summed E-state index contributed by atoms with van der Waals surface area (Å²) in [6.07, 6.45) is 7.10. The normalized spacial score (nSPS) is 10.9. The van der Waals surface area contributed by atoms with E-state index in [1.807, 2.05) is 44.1 Å². The smallest absolute Gasteiger partial charge is 0.269 e. The van der Waals surface area contributed by atoms with Crippen LogP contribution in [-0.4, -0.2) is 33.5 Å². The molecule has 130 valence electrons. The number of aryl methyl sites for hydroxylation is 1. The van der Waals surface area contributed by atoms with Crippen molar-refractivity contribution in [3.05, 3.63) is 29.2 Å². The van der Waals surface area contributed by atoms with E-state index in [9.17, 15) is 4.79 Å². The fourth-order valence-electron chi connectivity index (χ4n) is 2.61. The van der Waals surface area contributed by atoms with E-state index in [0.29, 0.717) is 12.2 Å². The SMILES string of the molecule is CCCCCNC(=O)c1cc(-c2cnn(C)c2C)c(C)c(SC)n1. The number of hydrogen-bond acceptors (Lipinski definition) is 4. The van der Waals surface area contributed by atoms with Gasteiger partial charge in [-0.05, 0) is 43.7 Å². The first-order valence-corrected chi connectivity index (χ1v) is 9.54. The van der Waals surface area contributed by atoms with Gasteiger partial charge in [-0.25, -0.2) is 4.98 Å². The second-order valence-electron chi connectivity index (χ2n) is 5.92. The van der Waals surface area contributed by atoms with Gasteiger partial charge in [-0.3, -0.25) is 9.48 Å². The number of hydrogen-bond donors (Lipinski definition) is 1. The lowest BCUT2D eigenvalue weighted by Crippen LogP contribution is -2.25. The fourth-order valence-corrected chi connectivity index (χ4v) is 3.22. The average molecular weight is 347 g/mol. The van der Waals surface area contributed by atoms with Crippen molar-refractivity contribution in [3.63, 3.8) is 0 Å². The van der Waals surface area contributed by atoms with Crippen molar-refractivity contribution >= 4 is 17.7 Å². The Balaban J connectivity index is 2.35. The van der Waals surface area contributed by atoms with Crippen molar-refractivity contribution in [1.29, 1.82) is 0 Å². The Morgan fingerprint density at radius 1 is 1.29 bits per heavy atom. The molecule has 0 saturated heterocycles. The molecule has 24 heavy (non-hydrogen) atoms. The Hall–Kier alpha value is -1.82. The molecule has 2 aromatic heterocycles. The van der Waals surface area contributed by atoms with Crippen LogP contribution >= 0.6 is 11.8 Å². The monoisotopic (exact) mass is 346 g/mol. The van der Waals surface area contributed by atoms with E-state index in [1.54, 1.807) is 11.8 Å². The Morgan fingerprint density at radius 2 is 2.04 bits per heavy atom. The third-order valence-electron chi connectivity index (χ3n) is 4.25. The minimum absolute atomic E-state index is 0.107. The molecule has 0 aromatic carbocycles. The Bertz CT molecular complexity index is 724. The summed E-state index contributed by atoms with van der Waals surface area (Å²) in [5.74, 6) is -0.107. The highest BCUT2D eigenvalue weighted by Crippen LogP contribution is 2.31. The van der Waals surface area contributed by atoms with Crippen LogP contribution in [0, 0.1) is 13.8 Å². The van der Waals surface area contributed by atoms with Gasteiger partial charge in [-0.15, -0.1) is 11.8 Å². The molecule has 6 heteroatoms. The number of pyridine rings is 1. The molecule has 0 unspecified atom stereocenters. The summed E-state index contributed by atoms with van der Waals surface area (Å²) < 4.78 is 1.85. The number of nitrogens with zero attached hydrogens (tertiary/aromatic N) is 3. The van der Waals surface area contributed by atoms with E-state index in [4.69, 9.17) is 0 Å². The highest BCUT2D eigenvalue weighted by molar-refractivity contribution is 7.98. The van der Waals surface area contributed by atoms with E-state index in [1.165, 1.54) is 0 Å². The Morgan fingerprint density at radius 3 is 2.62 bits per heavy atom. The minimum atomic E-state index is -0.107. The molecule has 0 fully saturated rings. The maximum atomic E-state index is 12.5. The second kappa shape index (κ2) is 8.33. The molecule has 0 bridgehead atoms. The van der Waals surface area contributed by atoms with Gasteiger partial charge in [-0.2, -0.15) is 5.10 Å². The molecular formula is C18H26N4OS. The van der Waals surface area contributed by atoms with E-state index in [2.05, 4.69) is 22.3 Å². The van der Waals surface area contributed by atoms with Crippen LogP contribution in [-0.2, 0) is 7.05 Å². The molecule has 0 aliphatic carbocycles. The van der Waals surface area contributed by atoms with Crippen molar-refractivity contribution in [2.24, 2.45) is 7.05 Å². The van der Waals surface area contributed by atoms with Crippen LogP contribution < -0.4 is 5.32 Å². The van der Waals surface area contributed by atoms with Crippen molar-refractivity contribution in [1.82, 2.24) is 20.1 Å². The molecule has 0 aliphatic rings. The zero-order chi connectivity index (χ0) is 17.7. The topological polar surface area (TPSA) is 59.8 Å². The van der Waals surface area contributed by atoms with Crippen LogP contribution in [0.3, 0.4) is 0 Å².